The predicted molar refractivity (Wildman–Crippen MR) is 81.1 cm³/mol. The maximum atomic E-state index is 6.13. The number of rotatable bonds is 4. The molecule has 0 aliphatic carbocycles. The molecule has 19 heavy (non-hydrogen) atoms. The number of aryl methyl sites for hydroxylation is 1. The van der Waals surface area contributed by atoms with Crippen LogP contribution in [-0.4, -0.2) is 14.5 Å². The lowest BCUT2D eigenvalue weighted by molar-refractivity contribution is 0.554. The lowest BCUT2D eigenvalue weighted by Gasteiger charge is -2.22. The smallest absolute Gasteiger partial charge is 0.242 e. The van der Waals surface area contributed by atoms with E-state index in [0.29, 0.717) is 0 Å². The third kappa shape index (κ3) is 3.82. The summed E-state index contributed by atoms with van der Waals surface area (Å²) in [4.78, 5) is 4.47. The average Bonchev–Trinajstić information content (AvgIpc) is 2.81. The summed E-state index contributed by atoms with van der Waals surface area (Å²) in [5.74, 6) is 1.62. The van der Waals surface area contributed by atoms with E-state index in [9.17, 15) is 0 Å². The van der Waals surface area contributed by atoms with Gasteiger partial charge in [0.05, 0.1) is 12.5 Å². The van der Waals surface area contributed by atoms with Gasteiger partial charge in [-0.3, -0.25) is 0 Å². The topological polar surface area (TPSA) is 34.7 Å². The van der Waals surface area contributed by atoms with Crippen molar-refractivity contribution in [3.63, 3.8) is 0 Å². The molecule has 3 nitrogen and oxygen atoms in total. The van der Waals surface area contributed by atoms with Gasteiger partial charge in [0.15, 0.2) is 0 Å². The van der Waals surface area contributed by atoms with Crippen LogP contribution in [0.1, 0.15) is 11.3 Å². The molecule has 0 radical (unpaired) electrons. The van der Waals surface area contributed by atoms with Crippen LogP contribution < -0.4 is 4.43 Å². The number of benzene rings is 1. The van der Waals surface area contributed by atoms with E-state index in [-0.39, 0.29) is 0 Å². The van der Waals surface area contributed by atoms with Gasteiger partial charge in [0.2, 0.25) is 8.32 Å². The van der Waals surface area contributed by atoms with Crippen LogP contribution in [0.3, 0.4) is 0 Å². The summed E-state index contributed by atoms with van der Waals surface area (Å²) in [6, 6.07) is 9.71. The Bertz CT molecular complexity index is 568. The van der Waals surface area contributed by atoms with Crippen molar-refractivity contribution in [2.75, 3.05) is 0 Å². The SMILES string of the molecule is Cc1cccc(/N=C/c2ccco2)c1O[Si](C)(C)C. The number of hydrogen-bond donors (Lipinski definition) is 0. The fourth-order valence-corrected chi connectivity index (χ4v) is 2.55. The highest BCUT2D eigenvalue weighted by Gasteiger charge is 2.19. The minimum absolute atomic E-state index is 0.737. The first-order chi connectivity index (χ1) is 8.96. The quantitative estimate of drug-likeness (QED) is 0.605. The van der Waals surface area contributed by atoms with Crippen molar-refractivity contribution < 1.29 is 8.84 Å². The van der Waals surface area contributed by atoms with Crippen LogP contribution in [0.4, 0.5) is 5.69 Å². The lowest BCUT2D eigenvalue weighted by atomic mass is 10.2. The molecule has 4 heteroatoms. The largest absolute Gasteiger partial charge is 0.543 e. The number of furan rings is 1. The molecule has 0 atom stereocenters. The summed E-state index contributed by atoms with van der Waals surface area (Å²) < 4.78 is 11.4. The summed E-state index contributed by atoms with van der Waals surface area (Å²) in [5.41, 5.74) is 1.95. The minimum atomic E-state index is -1.65. The van der Waals surface area contributed by atoms with Crippen molar-refractivity contribution in [1.82, 2.24) is 0 Å². The highest BCUT2D eigenvalue weighted by Crippen LogP contribution is 2.33. The monoisotopic (exact) mass is 273 g/mol. The van der Waals surface area contributed by atoms with Gasteiger partial charge in [-0.05, 0) is 50.3 Å². The van der Waals surface area contributed by atoms with Crippen molar-refractivity contribution in [1.29, 1.82) is 0 Å². The van der Waals surface area contributed by atoms with Gasteiger partial charge >= 0.3 is 0 Å². The Kier molecular flexibility index (Phi) is 3.90. The fraction of sp³-hybridized carbons (Fsp3) is 0.267. The Morgan fingerprint density at radius 1 is 1.16 bits per heavy atom. The molecule has 0 amide bonds. The van der Waals surface area contributed by atoms with E-state index in [1.807, 2.05) is 37.3 Å². The van der Waals surface area contributed by atoms with E-state index in [1.54, 1.807) is 12.5 Å². The Balaban J connectivity index is 2.32. The first kappa shape index (κ1) is 13.6. The lowest BCUT2D eigenvalue weighted by Crippen LogP contribution is -2.29. The Morgan fingerprint density at radius 3 is 2.58 bits per heavy atom. The number of nitrogens with zero attached hydrogens (tertiary/aromatic N) is 1. The predicted octanol–water partition coefficient (Wildman–Crippen LogP) is 4.55. The zero-order valence-electron chi connectivity index (χ0n) is 11.8. The van der Waals surface area contributed by atoms with Gasteiger partial charge in [0.1, 0.15) is 17.2 Å². The second-order valence-corrected chi connectivity index (χ2v) is 9.84. The van der Waals surface area contributed by atoms with Gasteiger partial charge in [-0.25, -0.2) is 4.99 Å². The standard InChI is InChI=1S/C15H19NO2Si/c1-12-7-5-9-14(15(12)18-19(2,3)4)16-11-13-8-6-10-17-13/h5-11H,1-4H3/b16-11+. The first-order valence-corrected chi connectivity index (χ1v) is 9.73. The summed E-state index contributed by atoms with van der Waals surface area (Å²) in [6.45, 7) is 8.54. The molecule has 0 aliphatic heterocycles. The molecule has 0 N–H and O–H groups in total. The summed E-state index contributed by atoms with van der Waals surface area (Å²) in [5, 5.41) is 0. The molecule has 0 fully saturated rings. The van der Waals surface area contributed by atoms with Crippen LogP contribution in [0.2, 0.25) is 19.6 Å². The Hall–Kier alpha value is -1.81. The fourth-order valence-electron chi connectivity index (χ4n) is 1.68. The van der Waals surface area contributed by atoms with Gasteiger partial charge in [0, 0.05) is 0 Å². The third-order valence-electron chi connectivity index (χ3n) is 2.47. The second-order valence-electron chi connectivity index (χ2n) is 5.41. The molecule has 0 aliphatic rings. The molecule has 0 unspecified atom stereocenters. The first-order valence-electron chi connectivity index (χ1n) is 6.32. The minimum Gasteiger partial charge on any atom is -0.543 e. The molecule has 1 aromatic heterocycles. The van der Waals surface area contributed by atoms with E-state index in [2.05, 4.69) is 24.6 Å². The Labute approximate surface area is 115 Å². The molecule has 1 heterocycles. The van der Waals surface area contributed by atoms with Crippen LogP contribution in [0.25, 0.3) is 0 Å². The third-order valence-corrected chi connectivity index (χ3v) is 3.29. The van der Waals surface area contributed by atoms with E-state index < -0.39 is 8.32 Å². The molecule has 2 aromatic rings. The van der Waals surface area contributed by atoms with Crippen molar-refractivity contribution in [2.24, 2.45) is 4.99 Å². The van der Waals surface area contributed by atoms with Gasteiger partial charge < -0.3 is 8.84 Å². The summed E-state index contributed by atoms with van der Waals surface area (Å²) in [7, 11) is -1.65. The normalized spacial score (nSPS) is 12.0. The van der Waals surface area contributed by atoms with Gasteiger partial charge in [-0.1, -0.05) is 12.1 Å². The highest BCUT2D eigenvalue weighted by molar-refractivity contribution is 6.70. The van der Waals surface area contributed by atoms with E-state index in [0.717, 1.165) is 22.8 Å². The van der Waals surface area contributed by atoms with Crippen LogP contribution in [0.15, 0.2) is 46.0 Å². The molecule has 0 saturated carbocycles. The van der Waals surface area contributed by atoms with Crippen molar-refractivity contribution in [3.05, 3.63) is 47.9 Å². The molecular weight excluding hydrogens is 254 g/mol. The zero-order chi connectivity index (χ0) is 13.9. The van der Waals surface area contributed by atoms with Gasteiger partial charge in [0.25, 0.3) is 0 Å². The number of para-hydroxylation sites is 1. The molecule has 0 spiro atoms. The Morgan fingerprint density at radius 2 is 1.95 bits per heavy atom. The second kappa shape index (κ2) is 5.44. The van der Waals surface area contributed by atoms with Gasteiger partial charge in [-0.2, -0.15) is 0 Å². The molecule has 2 rings (SSSR count). The van der Waals surface area contributed by atoms with E-state index in [1.165, 1.54) is 0 Å². The van der Waals surface area contributed by atoms with Crippen LogP contribution in [-0.2, 0) is 0 Å². The average molecular weight is 273 g/mol. The van der Waals surface area contributed by atoms with Crippen molar-refractivity contribution in [2.45, 2.75) is 26.6 Å². The maximum Gasteiger partial charge on any atom is 0.242 e. The van der Waals surface area contributed by atoms with Gasteiger partial charge in [-0.15, -0.1) is 0 Å². The van der Waals surface area contributed by atoms with Crippen LogP contribution in [0, 0.1) is 6.92 Å². The maximum absolute atomic E-state index is 6.13. The molecule has 100 valence electrons. The number of hydrogen-bond acceptors (Lipinski definition) is 3. The highest BCUT2D eigenvalue weighted by atomic mass is 28.4. The zero-order valence-corrected chi connectivity index (χ0v) is 12.8. The summed E-state index contributed by atoms with van der Waals surface area (Å²) >= 11 is 0. The molecule has 0 bridgehead atoms. The van der Waals surface area contributed by atoms with Crippen LogP contribution >= 0.6 is 0 Å². The molecule has 0 saturated heterocycles. The molecule has 1 aromatic carbocycles. The summed E-state index contributed by atoms with van der Waals surface area (Å²) in [6.07, 6.45) is 3.35. The number of aliphatic imine (C=N–C) groups is 1. The van der Waals surface area contributed by atoms with E-state index in [4.69, 9.17) is 8.84 Å². The molecular formula is C15H19NO2Si. The van der Waals surface area contributed by atoms with Crippen molar-refractivity contribution >= 4 is 20.2 Å². The van der Waals surface area contributed by atoms with E-state index >= 15 is 0 Å². The van der Waals surface area contributed by atoms with Crippen LogP contribution in [0.5, 0.6) is 5.75 Å². The van der Waals surface area contributed by atoms with Crippen molar-refractivity contribution in [3.8, 4) is 5.75 Å².